The zero-order valence-corrected chi connectivity index (χ0v) is 19.8. The van der Waals surface area contributed by atoms with Gasteiger partial charge in [-0.2, -0.15) is 0 Å². The highest BCUT2D eigenvalue weighted by atomic mass is 32.2. The first-order chi connectivity index (χ1) is 15.1. The van der Waals surface area contributed by atoms with Crippen LogP contribution in [0.3, 0.4) is 0 Å². The normalized spacial score (nSPS) is 17.1. The number of amides is 1. The molecule has 0 N–H and O–H groups in total. The van der Waals surface area contributed by atoms with Crippen LogP contribution in [0, 0.1) is 17.0 Å². The molecule has 2 aromatic rings. The third-order valence-electron chi connectivity index (χ3n) is 4.82. The zero-order chi connectivity index (χ0) is 23.5. The van der Waals surface area contributed by atoms with Crippen molar-refractivity contribution in [1.29, 1.82) is 0 Å². The Bertz CT molecular complexity index is 1150. The first-order valence-corrected chi connectivity index (χ1v) is 13.2. The highest BCUT2D eigenvalue weighted by molar-refractivity contribution is 8.01. The SMILES string of the molecule is CCN(C(=O)COC(=O)c1ccc(Sc2nc(C)cs2)c([N+](=O)[O-])c1)[C@H]1CCS(=O)(=O)C1. The Balaban J connectivity index is 1.67. The lowest BCUT2D eigenvalue weighted by Gasteiger charge is -2.26. The van der Waals surface area contributed by atoms with Gasteiger partial charge < -0.3 is 9.64 Å². The first-order valence-electron chi connectivity index (χ1n) is 9.65. The molecule has 1 aromatic carbocycles. The van der Waals surface area contributed by atoms with E-state index in [-0.39, 0.29) is 29.3 Å². The second-order valence-corrected chi connectivity index (χ2v) is 11.5. The lowest BCUT2D eigenvalue weighted by atomic mass is 10.2. The number of esters is 1. The largest absolute Gasteiger partial charge is 0.452 e. The molecule has 2 heterocycles. The fourth-order valence-corrected chi connectivity index (χ4v) is 6.91. The monoisotopic (exact) mass is 499 g/mol. The second-order valence-electron chi connectivity index (χ2n) is 7.11. The number of nitro groups is 1. The van der Waals surface area contributed by atoms with Gasteiger partial charge in [-0.15, -0.1) is 11.3 Å². The van der Waals surface area contributed by atoms with Crippen LogP contribution >= 0.6 is 23.1 Å². The van der Waals surface area contributed by atoms with Crippen molar-refractivity contribution in [2.24, 2.45) is 0 Å². The Kier molecular flexibility index (Phi) is 7.51. The van der Waals surface area contributed by atoms with E-state index in [0.29, 0.717) is 15.7 Å². The number of hydrogen-bond donors (Lipinski definition) is 0. The van der Waals surface area contributed by atoms with Crippen molar-refractivity contribution >= 4 is 50.5 Å². The molecule has 1 aromatic heterocycles. The molecule has 1 aliphatic rings. The molecule has 32 heavy (non-hydrogen) atoms. The highest BCUT2D eigenvalue weighted by Crippen LogP contribution is 2.36. The van der Waals surface area contributed by atoms with Crippen LogP contribution < -0.4 is 0 Å². The number of aryl methyl sites for hydroxylation is 1. The summed E-state index contributed by atoms with van der Waals surface area (Å²) >= 11 is 2.49. The third kappa shape index (κ3) is 5.84. The van der Waals surface area contributed by atoms with Crippen LogP contribution in [-0.2, 0) is 19.4 Å². The van der Waals surface area contributed by atoms with E-state index >= 15 is 0 Å². The molecule has 0 aliphatic carbocycles. The number of carbonyl (C=O) groups is 2. The fraction of sp³-hybridized carbons (Fsp3) is 0.421. The number of benzene rings is 1. The molecular formula is C19H21N3O7S3. The number of ether oxygens (including phenoxy) is 1. The van der Waals surface area contributed by atoms with Crippen molar-refractivity contribution in [2.75, 3.05) is 24.7 Å². The molecule has 172 valence electrons. The summed E-state index contributed by atoms with van der Waals surface area (Å²) in [5, 5.41) is 13.3. The van der Waals surface area contributed by atoms with E-state index in [1.807, 2.05) is 12.3 Å². The molecule has 1 fully saturated rings. The van der Waals surface area contributed by atoms with Gasteiger partial charge in [-0.05, 0) is 32.4 Å². The van der Waals surface area contributed by atoms with E-state index in [9.17, 15) is 28.1 Å². The summed E-state index contributed by atoms with van der Waals surface area (Å²) in [4.78, 5) is 41.8. The van der Waals surface area contributed by atoms with Crippen molar-refractivity contribution in [3.05, 3.63) is 45.0 Å². The summed E-state index contributed by atoms with van der Waals surface area (Å²) in [6.45, 7) is 3.24. The fourth-order valence-electron chi connectivity index (χ4n) is 3.30. The molecule has 1 amide bonds. The lowest BCUT2D eigenvalue weighted by molar-refractivity contribution is -0.387. The molecule has 0 spiro atoms. The number of nitro benzene ring substituents is 1. The number of likely N-dealkylation sites (N-methyl/N-ethyl adjacent to an activating group) is 1. The molecule has 0 radical (unpaired) electrons. The van der Waals surface area contributed by atoms with Crippen LogP contribution in [0.4, 0.5) is 5.69 Å². The van der Waals surface area contributed by atoms with Crippen LogP contribution in [0.1, 0.15) is 29.4 Å². The molecule has 3 rings (SSSR count). The quantitative estimate of drug-likeness (QED) is 0.305. The number of nitrogens with zero attached hydrogens (tertiary/aromatic N) is 3. The van der Waals surface area contributed by atoms with Gasteiger partial charge in [-0.3, -0.25) is 14.9 Å². The summed E-state index contributed by atoms with van der Waals surface area (Å²) in [5.74, 6) is -1.47. The Hall–Kier alpha value is -2.51. The number of rotatable bonds is 8. The first kappa shape index (κ1) is 24.1. The molecule has 1 atom stereocenters. The zero-order valence-electron chi connectivity index (χ0n) is 17.3. The summed E-state index contributed by atoms with van der Waals surface area (Å²) in [6.07, 6.45) is 0.347. The minimum absolute atomic E-state index is 0.0236. The van der Waals surface area contributed by atoms with Crippen LogP contribution in [-0.4, -0.2) is 65.8 Å². The maximum Gasteiger partial charge on any atom is 0.338 e. The molecule has 0 bridgehead atoms. The number of sulfone groups is 1. The molecule has 0 saturated carbocycles. The van der Waals surface area contributed by atoms with Crippen molar-refractivity contribution in [1.82, 2.24) is 9.88 Å². The standard InChI is InChI=1S/C19H21N3O7S3/c1-3-21(14-6-7-32(27,28)11-14)17(23)9-29-18(24)13-4-5-16(15(8-13)22(25)26)31-19-20-12(2)10-30-19/h4-5,8,10,14H,3,6-7,9,11H2,1-2H3/t14-/m0/s1. The number of hydrogen-bond acceptors (Lipinski definition) is 10. The van der Waals surface area contributed by atoms with Crippen molar-refractivity contribution in [3.8, 4) is 0 Å². The molecule has 10 nitrogen and oxygen atoms in total. The van der Waals surface area contributed by atoms with Crippen LogP contribution in [0.25, 0.3) is 0 Å². The van der Waals surface area contributed by atoms with Gasteiger partial charge in [-0.25, -0.2) is 18.2 Å². The number of thiazole rings is 1. The average Bonchev–Trinajstić information content (AvgIpc) is 3.31. The predicted molar refractivity (Wildman–Crippen MR) is 119 cm³/mol. The lowest BCUT2D eigenvalue weighted by Crippen LogP contribution is -2.43. The highest BCUT2D eigenvalue weighted by Gasteiger charge is 2.34. The average molecular weight is 500 g/mol. The van der Waals surface area contributed by atoms with Gasteiger partial charge in [0.15, 0.2) is 20.8 Å². The Labute approximate surface area is 193 Å². The Morgan fingerprint density at radius 3 is 2.72 bits per heavy atom. The van der Waals surface area contributed by atoms with E-state index in [1.54, 1.807) is 6.92 Å². The smallest absolute Gasteiger partial charge is 0.338 e. The topological polar surface area (TPSA) is 137 Å². The summed E-state index contributed by atoms with van der Waals surface area (Å²) in [7, 11) is -3.17. The van der Waals surface area contributed by atoms with Gasteiger partial charge in [0, 0.05) is 29.7 Å². The van der Waals surface area contributed by atoms with E-state index in [4.69, 9.17) is 4.74 Å². The second kappa shape index (κ2) is 9.96. The van der Waals surface area contributed by atoms with Gasteiger partial charge in [0.25, 0.3) is 11.6 Å². The van der Waals surface area contributed by atoms with E-state index in [1.165, 1.54) is 28.4 Å². The molecule has 0 unspecified atom stereocenters. The number of carbonyl (C=O) groups excluding carboxylic acids is 2. The summed E-state index contributed by atoms with van der Waals surface area (Å²) in [6, 6.07) is 3.50. The van der Waals surface area contributed by atoms with Crippen LogP contribution in [0.5, 0.6) is 0 Å². The molecule has 1 saturated heterocycles. The third-order valence-corrected chi connectivity index (χ3v) is 8.70. The van der Waals surface area contributed by atoms with Crippen molar-refractivity contribution in [3.63, 3.8) is 0 Å². The van der Waals surface area contributed by atoms with Gasteiger partial charge in [0.1, 0.15) is 0 Å². The van der Waals surface area contributed by atoms with E-state index in [2.05, 4.69) is 4.98 Å². The van der Waals surface area contributed by atoms with Gasteiger partial charge in [-0.1, -0.05) is 11.8 Å². The summed E-state index contributed by atoms with van der Waals surface area (Å²) < 4.78 is 29.1. The van der Waals surface area contributed by atoms with E-state index in [0.717, 1.165) is 23.5 Å². The maximum atomic E-state index is 12.5. The minimum atomic E-state index is -3.17. The summed E-state index contributed by atoms with van der Waals surface area (Å²) in [5.41, 5.74) is 0.479. The van der Waals surface area contributed by atoms with Crippen LogP contribution in [0.2, 0.25) is 0 Å². The van der Waals surface area contributed by atoms with Gasteiger partial charge in [0.05, 0.1) is 26.9 Å². The molecule has 1 aliphatic heterocycles. The number of aromatic nitrogens is 1. The Morgan fingerprint density at radius 1 is 1.41 bits per heavy atom. The minimum Gasteiger partial charge on any atom is -0.452 e. The maximum absolute atomic E-state index is 12.5. The van der Waals surface area contributed by atoms with Crippen LogP contribution in [0.15, 0.2) is 32.8 Å². The van der Waals surface area contributed by atoms with Gasteiger partial charge in [0.2, 0.25) is 0 Å². The predicted octanol–water partition coefficient (Wildman–Crippen LogP) is 2.70. The Morgan fingerprint density at radius 2 is 2.16 bits per heavy atom. The van der Waals surface area contributed by atoms with Crippen molar-refractivity contribution < 1.29 is 27.7 Å². The molecule has 13 heteroatoms. The van der Waals surface area contributed by atoms with Crippen molar-refractivity contribution in [2.45, 2.75) is 35.5 Å². The van der Waals surface area contributed by atoms with E-state index < -0.39 is 39.3 Å². The molecular weight excluding hydrogens is 478 g/mol. The van der Waals surface area contributed by atoms with Gasteiger partial charge >= 0.3 is 5.97 Å².